The lowest BCUT2D eigenvalue weighted by Gasteiger charge is -2.37. The molecule has 26 heavy (non-hydrogen) atoms. The average Bonchev–Trinajstić information content (AvgIpc) is 2.68. The zero-order valence-corrected chi connectivity index (χ0v) is 14.8. The van der Waals surface area contributed by atoms with Crippen LogP contribution in [-0.4, -0.2) is 71.9 Å². The van der Waals surface area contributed by atoms with E-state index < -0.39 is 5.97 Å². The quantitative estimate of drug-likeness (QED) is 0.820. The molecule has 0 spiro atoms. The van der Waals surface area contributed by atoms with Gasteiger partial charge in [0, 0.05) is 50.3 Å². The molecule has 2 fully saturated rings. The van der Waals surface area contributed by atoms with Crippen molar-refractivity contribution in [2.75, 3.05) is 37.7 Å². The molecule has 1 aliphatic heterocycles. The van der Waals surface area contributed by atoms with Crippen molar-refractivity contribution in [1.82, 2.24) is 15.2 Å². The molecular weight excluding hydrogens is 336 g/mol. The molecule has 0 unspecified atom stereocenters. The Balaban J connectivity index is 1.38. The van der Waals surface area contributed by atoms with E-state index in [1.807, 2.05) is 17.0 Å². The number of ether oxygens (including phenoxy) is 1. The Labute approximate surface area is 153 Å². The first kappa shape index (κ1) is 18.4. The number of amides is 2. The Kier molecular flexibility index (Phi) is 6.27. The van der Waals surface area contributed by atoms with Crippen LogP contribution in [-0.2, 0) is 9.53 Å². The van der Waals surface area contributed by atoms with Crippen molar-refractivity contribution in [1.29, 1.82) is 0 Å². The Hall–Kier alpha value is -2.35. The fourth-order valence-electron chi connectivity index (χ4n) is 3.55. The number of pyridine rings is 1. The molecule has 142 valence electrons. The van der Waals surface area contributed by atoms with Gasteiger partial charge in [-0.1, -0.05) is 0 Å². The monoisotopic (exact) mass is 362 g/mol. The van der Waals surface area contributed by atoms with E-state index in [1.165, 1.54) is 0 Å². The third kappa shape index (κ3) is 5.08. The van der Waals surface area contributed by atoms with Crippen molar-refractivity contribution in [2.45, 2.75) is 37.8 Å². The van der Waals surface area contributed by atoms with Gasteiger partial charge in [-0.3, -0.25) is 4.98 Å². The predicted octanol–water partition coefficient (Wildman–Crippen LogP) is 1.33. The third-order valence-corrected chi connectivity index (χ3v) is 5.04. The van der Waals surface area contributed by atoms with Gasteiger partial charge in [-0.05, 0) is 37.8 Å². The maximum absolute atomic E-state index is 12.5. The smallest absolute Gasteiger partial charge is 0.329 e. The van der Waals surface area contributed by atoms with E-state index in [2.05, 4.69) is 15.2 Å². The van der Waals surface area contributed by atoms with E-state index in [0.29, 0.717) is 13.1 Å². The van der Waals surface area contributed by atoms with Crippen molar-refractivity contribution < 1.29 is 19.4 Å². The van der Waals surface area contributed by atoms with Crippen LogP contribution >= 0.6 is 0 Å². The molecule has 1 aromatic heterocycles. The van der Waals surface area contributed by atoms with E-state index in [1.54, 1.807) is 12.4 Å². The van der Waals surface area contributed by atoms with E-state index >= 15 is 0 Å². The highest BCUT2D eigenvalue weighted by molar-refractivity contribution is 5.75. The number of hydrogen-bond acceptors (Lipinski definition) is 5. The van der Waals surface area contributed by atoms with Crippen LogP contribution in [0.3, 0.4) is 0 Å². The molecule has 0 bridgehead atoms. The van der Waals surface area contributed by atoms with Crippen molar-refractivity contribution >= 4 is 17.7 Å². The number of carbonyl (C=O) groups is 2. The summed E-state index contributed by atoms with van der Waals surface area (Å²) in [6.07, 6.45) is 6.78. The molecule has 2 heterocycles. The minimum atomic E-state index is -0.939. The van der Waals surface area contributed by atoms with Crippen molar-refractivity contribution in [3.63, 3.8) is 0 Å². The number of rotatable bonds is 5. The summed E-state index contributed by atoms with van der Waals surface area (Å²) in [5.41, 5.74) is 1.14. The number of hydrogen-bond donors (Lipinski definition) is 2. The molecule has 2 aliphatic rings. The van der Waals surface area contributed by atoms with Gasteiger partial charge in [-0.25, -0.2) is 9.59 Å². The molecule has 0 radical (unpaired) electrons. The predicted molar refractivity (Wildman–Crippen MR) is 96.2 cm³/mol. The molecule has 8 heteroatoms. The number of aliphatic carboxylic acids is 1. The van der Waals surface area contributed by atoms with Crippen LogP contribution in [0.25, 0.3) is 0 Å². The first-order valence-corrected chi connectivity index (χ1v) is 9.15. The number of urea groups is 1. The van der Waals surface area contributed by atoms with Gasteiger partial charge in [0.25, 0.3) is 0 Å². The first-order valence-electron chi connectivity index (χ1n) is 9.15. The summed E-state index contributed by atoms with van der Waals surface area (Å²) in [5.74, 6) is -0.939. The number of anilines is 1. The second kappa shape index (κ2) is 8.84. The van der Waals surface area contributed by atoms with Crippen LogP contribution in [0.5, 0.6) is 0 Å². The van der Waals surface area contributed by atoms with E-state index in [0.717, 1.165) is 44.5 Å². The van der Waals surface area contributed by atoms with Gasteiger partial charge in [-0.2, -0.15) is 0 Å². The Bertz CT molecular complexity index is 596. The topological polar surface area (TPSA) is 95.0 Å². The van der Waals surface area contributed by atoms with Crippen LogP contribution in [0.2, 0.25) is 0 Å². The molecule has 8 nitrogen and oxygen atoms in total. The normalized spacial score (nSPS) is 23.5. The van der Waals surface area contributed by atoms with E-state index in [4.69, 9.17) is 9.84 Å². The molecule has 1 aliphatic carbocycles. The number of carbonyl (C=O) groups excluding carboxylic acids is 1. The standard InChI is InChI=1S/C18H26N4O4/c23-17(24)13-26-16-3-1-14(2-4-16)20-18(25)22-11-9-21(10-12-22)15-5-7-19-8-6-15/h5-8,14,16H,1-4,9-13H2,(H,20,25)(H,23,24). The molecule has 0 aromatic carbocycles. The Morgan fingerprint density at radius 3 is 2.38 bits per heavy atom. The average molecular weight is 362 g/mol. The molecule has 2 amide bonds. The highest BCUT2D eigenvalue weighted by Crippen LogP contribution is 2.22. The Morgan fingerprint density at radius 1 is 1.12 bits per heavy atom. The SMILES string of the molecule is O=C(O)COC1CCC(NC(=O)N2CCN(c3ccncc3)CC2)CC1. The summed E-state index contributed by atoms with van der Waals surface area (Å²) in [7, 11) is 0. The number of carboxylic acids is 1. The summed E-state index contributed by atoms with van der Waals surface area (Å²) in [6.45, 7) is 2.78. The van der Waals surface area contributed by atoms with Gasteiger partial charge in [0.05, 0.1) is 6.10 Å². The van der Waals surface area contributed by atoms with Crippen LogP contribution < -0.4 is 10.2 Å². The molecule has 0 atom stereocenters. The summed E-state index contributed by atoms with van der Waals surface area (Å²) in [6, 6.07) is 4.11. The van der Waals surface area contributed by atoms with Crippen LogP contribution in [0.1, 0.15) is 25.7 Å². The summed E-state index contributed by atoms with van der Waals surface area (Å²) >= 11 is 0. The Morgan fingerprint density at radius 2 is 1.77 bits per heavy atom. The third-order valence-electron chi connectivity index (χ3n) is 5.04. The molecule has 1 saturated carbocycles. The molecule has 1 saturated heterocycles. The van der Waals surface area contributed by atoms with Crippen molar-refractivity contribution in [3.05, 3.63) is 24.5 Å². The fourth-order valence-corrected chi connectivity index (χ4v) is 3.55. The van der Waals surface area contributed by atoms with Gasteiger partial charge in [0.2, 0.25) is 0 Å². The number of carboxylic acid groups (broad SMARTS) is 1. The van der Waals surface area contributed by atoms with Gasteiger partial charge in [0.15, 0.2) is 0 Å². The molecular formula is C18H26N4O4. The second-order valence-electron chi connectivity index (χ2n) is 6.81. The molecule has 2 N–H and O–H groups in total. The van der Waals surface area contributed by atoms with Crippen molar-refractivity contribution in [3.8, 4) is 0 Å². The van der Waals surface area contributed by atoms with E-state index in [-0.39, 0.29) is 24.8 Å². The minimum absolute atomic E-state index is 0.00529. The zero-order valence-electron chi connectivity index (χ0n) is 14.8. The molecule has 3 rings (SSSR count). The lowest BCUT2D eigenvalue weighted by atomic mass is 9.93. The number of piperazine rings is 1. The summed E-state index contributed by atoms with van der Waals surface area (Å²) in [4.78, 5) is 31.2. The van der Waals surface area contributed by atoms with Crippen LogP contribution in [0.15, 0.2) is 24.5 Å². The minimum Gasteiger partial charge on any atom is -0.480 e. The first-order chi connectivity index (χ1) is 12.6. The number of nitrogens with one attached hydrogen (secondary N) is 1. The highest BCUT2D eigenvalue weighted by Gasteiger charge is 2.26. The second-order valence-corrected chi connectivity index (χ2v) is 6.81. The number of aromatic nitrogens is 1. The lowest BCUT2D eigenvalue weighted by molar-refractivity contribution is -0.145. The number of nitrogens with zero attached hydrogens (tertiary/aromatic N) is 3. The van der Waals surface area contributed by atoms with Crippen LogP contribution in [0, 0.1) is 0 Å². The van der Waals surface area contributed by atoms with Crippen molar-refractivity contribution in [2.24, 2.45) is 0 Å². The van der Waals surface area contributed by atoms with Crippen LogP contribution in [0.4, 0.5) is 10.5 Å². The summed E-state index contributed by atoms with van der Waals surface area (Å²) < 4.78 is 5.34. The lowest BCUT2D eigenvalue weighted by Crippen LogP contribution is -2.54. The summed E-state index contributed by atoms with van der Waals surface area (Å²) in [5, 5.41) is 11.8. The largest absolute Gasteiger partial charge is 0.480 e. The zero-order chi connectivity index (χ0) is 18.4. The highest BCUT2D eigenvalue weighted by atomic mass is 16.5. The van der Waals surface area contributed by atoms with E-state index in [9.17, 15) is 9.59 Å². The fraction of sp³-hybridized carbons (Fsp3) is 0.611. The van der Waals surface area contributed by atoms with Gasteiger partial charge in [-0.15, -0.1) is 0 Å². The van der Waals surface area contributed by atoms with Gasteiger partial charge in [0.1, 0.15) is 6.61 Å². The van der Waals surface area contributed by atoms with Gasteiger partial charge < -0.3 is 25.0 Å². The van der Waals surface area contributed by atoms with Gasteiger partial charge >= 0.3 is 12.0 Å². The maximum Gasteiger partial charge on any atom is 0.329 e. The molecule has 1 aromatic rings. The maximum atomic E-state index is 12.5.